The molecule has 0 atom stereocenters. The molecule has 0 unspecified atom stereocenters. The fourth-order valence-corrected chi connectivity index (χ4v) is 3.18. The zero-order valence-corrected chi connectivity index (χ0v) is 12.6. The van der Waals surface area contributed by atoms with Crippen LogP contribution >= 0.6 is 11.3 Å². The third kappa shape index (κ3) is 2.54. The van der Waals surface area contributed by atoms with Gasteiger partial charge >= 0.3 is 5.97 Å². The van der Waals surface area contributed by atoms with Crippen LogP contribution in [0.2, 0.25) is 0 Å². The van der Waals surface area contributed by atoms with Crippen LogP contribution < -0.4 is 0 Å². The fourth-order valence-electron chi connectivity index (χ4n) is 2.39. The first-order valence-electron chi connectivity index (χ1n) is 6.72. The summed E-state index contributed by atoms with van der Waals surface area (Å²) < 4.78 is 2.13. The number of carboxylic acid groups (broad SMARTS) is 1. The van der Waals surface area contributed by atoms with Crippen LogP contribution in [0.3, 0.4) is 0 Å². The molecule has 3 rings (SSSR count). The maximum atomic E-state index is 11.1. The van der Waals surface area contributed by atoms with Crippen molar-refractivity contribution in [3.05, 3.63) is 45.7 Å². The van der Waals surface area contributed by atoms with E-state index in [-0.39, 0.29) is 5.56 Å². The maximum Gasteiger partial charge on any atom is 0.335 e. The van der Waals surface area contributed by atoms with E-state index < -0.39 is 5.97 Å². The van der Waals surface area contributed by atoms with E-state index in [1.54, 1.807) is 23.5 Å². The molecule has 0 aliphatic heterocycles. The molecule has 108 valence electrons. The first-order valence-corrected chi connectivity index (χ1v) is 7.54. The van der Waals surface area contributed by atoms with E-state index in [0.29, 0.717) is 0 Å². The average molecular weight is 301 g/mol. The molecule has 2 aromatic heterocycles. The van der Waals surface area contributed by atoms with Crippen molar-refractivity contribution in [2.24, 2.45) is 0 Å². The second kappa shape index (κ2) is 5.29. The molecule has 2 heterocycles. The molecule has 21 heavy (non-hydrogen) atoms. The predicted octanol–water partition coefficient (Wildman–Crippen LogP) is 3.11. The largest absolute Gasteiger partial charge is 0.478 e. The Kier molecular flexibility index (Phi) is 3.47. The van der Waals surface area contributed by atoms with Crippen LogP contribution in [0.15, 0.2) is 24.4 Å². The number of aromatic nitrogens is 3. The number of hydrogen-bond donors (Lipinski definition) is 1. The molecule has 1 N–H and O–H groups in total. The van der Waals surface area contributed by atoms with E-state index in [0.717, 1.165) is 34.8 Å². The van der Waals surface area contributed by atoms with Crippen LogP contribution in [0.1, 0.15) is 33.0 Å². The standard InChI is InChI=1S/C15H15N3O2S/c1-3-14-17-12-6-10(15(19)20)4-5-13(12)18(14)8-11-7-16-9(2)21-11/h4-7H,3,8H2,1-2H3,(H,19,20). The topological polar surface area (TPSA) is 68.0 Å². The van der Waals surface area contributed by atoms with Gasteiger partial charge in [0.05, 0.1) is 28.1 Å². The zero-order valence-electron chi connectivity index (χ0n) is 11.8. The molecule has 0 saturated carbocycles. The van der Waals surface area contributed by atoms with E-state index in [1.807, 2.05) is 26.1 Å². The molecule has 6 heteroatoms. The van der Waals surface area contributed by atoms with Gasteiger partial charge in [-0.15, -0.1) is 11.3 Å². The van der Waals surface area contributed by atoms with Crippen molar-refractivity contribution in [3.63, 3.8) is 0 Å². The van der Waals surface area contributed by atoms with Crippen molar-refractivity contribution in [2.75, 3.05) is 0 Å². The predicted molar refractivity (Wildman–Crippen MR) is 82.0 cm³/mol. The monoisotopic (exact) mass is 301 g/mol. The number of thiazole rings is 1. The third-order valence-electron chi connectivity index (χ3n) is 3.37. The summed E-state index contributed by atoms with van der Waals surface area (Å²) in [5.41, 5.74) is 1.96. The van der Waals surface area contributed by atoms with Crippen LogP contribution in [-0.2, 0) is 13.0 Å². The highest BCUT2D eigenvalue weighted by Crippen LogP contribution is 2.22. The zero-order chi connectivity index (χ0) is 15.0. The lowest BCUT2D eigenvalue weighted by atomic mass is 10.2. The molecule has 3 aromatic rings. The van der Waals surface area contributed by atoms with E-state index in [2.05, 4.69) is 14.5 Å². The molecule has 0 saturated heterocycles. The lowest BCUT2D eigenvalue weighted by molar-refractivity contribution is 0.0697. The van der Waals surface area contributed by atoms with Gasteiger partial charge in [0.2, 0.25) is 0 Å². The van der Waals surface area contributed by atoms with Crippen molar-refractivity contribution < 1.29 is 9.90 Å². The van der Waals surface area contributed by atoms with Crippen molar-refractivity contribution >= 4 is 28.3 Å². The highest BCUT2D eigenvalue weighted by atomic mass is 32.1. The number of imidazole rings is 1. The molecule has 0 amide bonds. The summed E-state index contributed by atoms with van der Waals surface area (Å²) in [6.07, 6.45) is 2.69. The second-order valence-electron chi connectivity index (χ2n) is 4.82. The van der Waals surface area contributed by atoms with Gasteiger partial charge in [0.15, 0.2) is 0 Å². The Morgan fingerprint density at radius 1 is 1.43 bits per heavy atom. The Balaban J connectivity index is 2.09. The highest BCUT2D eigenvalue weighted by molar-refractivity contribution is 7.11. The van der Waals surface area contributed by atoms with Gasteiger partial charge in [0, 0.05) is 17.5 Å². The lowest BCUT2D eigenvalue weighted by Gasteiger charge is -2.06. The molecule has 0 spiro atoms. The molecular weight excluding hydrogens is 286 g/mol. The van der Waals surface area contributed by atoms with Crippen LogP contribution in [0.5, 0.6) is 0 Å². The summed E-state index contributed by atoms with van der Waals surface area (Å²) in [5, 5.41) is 10.1. The highest BCUT2D eigenvalue weighted by Gasteiger charge is 2.13. The first kappa shape index (κ1) is 13.8. The van der Waals surface area contributed by atoms with E-state index in [9.17, 15) is 4.79 Å². The van der Waals surface area contributed by atoms with Gasteiger partial charge in [-0.2, -0.15) is 0 Å². The smallest absolute Gasteiger partial charge is 0.335 e. The molecule has 1 aromatic carbocycles. The normalized spacial score (nSPS) is 11.1. The molecule has 0 radical (unpaired) electrons. The van der Waals surface area contributed by atoms with Crippen molar-refractivity contribution in [1.82, 2.24) is 14.5 Å². The van der Waals surface area contributed by atoms with Crippen LogP contribution in [-0.4, -0.2) is 25.6 Å². The minimum Gasteiger partial charge on any atom is -0.478 e. The Morgan fingerprint density at radius 3 is 2.86 bits per heavy atom. The minimum absolute atomic E-state index is 0.267. The average Bonchev–Trinajstić information content (AvgIpc) is 3.02. The van der Waals surface area contributed by atoms with Gasteiger partial charge in [-0.25, -0.2) is 14.8 Å². The number of benzene rings is 1. The van der Waals surface area contributed by atoms with Gasteiger partial charge in [0.25, 0.3) is 0 Å². The molecule has 0 bridgehead atoms. The number of fused-ring (bicyclic) bond motifs is 1. The molecule has 0 aliphatic carbocycles. The van der Waals surface area contributed by atoms with Crippen molar-refractivity contribution in [1.29, 1.82) is 0 Å². The number of aromatic carboxylic acids is 1. The Bertz CT molecular complexity index is 820. The first-order chi connectivity index (χ1) is 10.1. The van der Waals surface area contributed by atoms with Crippen LogP contribution in [0.25, 0.3) is 11.0 Å². The third-order valence-corrected chi connectivity index (χ3v) is 4.27. The number of carboxylic acids is 1. The Labute approximate surface area is 125 Å². The molecule has 0 fully saturated rings. The summed E-state index contributed by atoms with van der Waals surface area (Å²) in [7, 11) is 0. The number of hydrogen-bond acceptors (Lipinski definition) is 4. The summed E-state index contributed by atoms with van der Waals surface area (Å²) in [5.74, 6) is 0.0289. The second-order valence-corrected chi connectivity index (χ2v) is 6.14. The fraction of sp³-hybridized carbons (Fsp3) is 0.267. The molecule has 0 aliphatic rings. The number of carbonyl (C=O) groups is 1. The van der Waals surface area contributed by atoms with Crippen LogP contribution in [0.4, 0.5) is 0 Å². The Hall–Kier alpha value is -2.21. The summed E-state index contributed by atoms with van der Waals surface area (Å²) in [6, 6.07) is 5.09. The summed E-state index contributed by atoms with van der Waals surface area (Å²) >= 11 is 1.67. The molecule has 5 nitrogen and oxygen atoms in total. The van der Waals surface area contributed by atoms with Gasteiger partial charge in [-0.1, -0.05) is 6.92 Å². The van der Waals surface area contributed by atoms with E-state index in [1.165, 1.54) is 4.88 Å². The Morgan fingerprint density at radius 2 is 2.24 bits per heavy atom. The van der Waals surface area contributed by atoms with Gasteiger partial charge < -0.3 is 9.67 Å². The lowest BCUT2D eigenvalue weighted by Crippen LogP contribution is -2.03. The van der Waals surface area contributed by atoms with Crippen molar-refractivity contribution in [3.8, 4) is 0 Å². The van der Waals surface area contributed by atoms with Crippen molar-refractivity contribution in [2.45, 2.75) is 26.8 Å². The SMILES string of the molecule is CCc1nc2cc(C(=O)O)ccc2n1Cc1cnc(C)s1. The van der Waals surface area contributed by atoms with E-state index in [4.69, 9.17) is 5.11 Å². The van der Waals surface area contributed by atoms with Crippen LogP contribution in [0, 0.1) is 6.92 Å². The van der Waals surface area contributed by atoms with Gasteiger partial charge in [-0.05, 0) is 25.1 Å². The maximum absolute atomic E-state index is 11.1. The number of rotatable bonds is 4. The quantitative estimate of drug-likeness (QED) is 0.804. The summed E-state index contributed by atoms with van der Waals surface area (Å²) in [6.45, 7) is 4.76. The minimum atomic E-state index is -0.928. The van der Waals surface area contributed by atoms with Gasteiger partial charge in [0.1, 0.15) is 5.82 Å². The molecular formula is C15H15N3O2S. The van der Waals surface area contributed by atoms with E-state index >= 15 is 0 Å². The number of aryl methyl sites for hydroxylation is 2. The number of nitrogens with zero attached hydrogens (tertiary/aromatic N) is 3. The summed E-state index contributed by atoms with van der Waals surface area (Å²) in [4.78, 5) is 21.1. The van der Waals surface area contributed by atoms with Gasteiger partial charge in [-0.3, -0.25) is 0 Å².